The van der Waals surface area contributed by atoms with Gasteiger partial charge in [-0.3, -0.25) is 0 Å². The summed E-state index contributed by atoms with van der Waals surface area (Å²) in [5, 5.41) is 7.70. The zero-order chi connectivity index (χ0) is 59.0. The molecule has 7 nitrogen and oxygen atoms in total. The largest absolute Gasteiger partial charge is 0.495 e. The zero-order valence-corrected chi connectivity index (χ0v) is 55.0. The van der Waals surface area contributed by atoms with Gasteiger partial charge in [0.25, 0.3) is 0 Å². The van der Waals surface area contributed by atoms with E-state index in [2.05, 4.69) is 130 Å². The molecule has 0 aliphatic carbocycles. The SMILES string of the molecule is COc1cc(C)cc2c(C)c(C)sc12.COc1cc(C)cc2cc(C)sc12.COc1cc(C)cc2cc(C)sc12.COc1cc(Cl)cc2c(C)c(C)sc12.COc1cc(OC)c2sc(C)cc2c1F.COc1cccc2cc(C)sc12. The van der Waals surface area contributed by atoms with E-state index >= 15 is 0 Å². The number of aryl methyl sites for hydroxylation is 11. The van der Waals surface area contributed by atoms with Gasteiger partial charge >= 0.3 is 0 Å². The second kappa shape index (κ2) is 27.8. The van der Waals surface area contributed by atoms with E-state index in [1.54, 1.807) is 100 Å². The Bertz CT molecular complexity index is 3960. The van der Waals surface area contributed by atoms with Gasteiger partial charge in [-0.15, -0.1) is 68.0 Å². The van der Waals surface area contributed by atoms with E-state index in [1.165, 1.54) is 121 Å². The Morgan fingerprint density at radius 3 is 1.15 bits per heavy atom. The second-order valence-corrected chi connectivity index (χ2v) is 27.2. The Kier molecular flexibility index (Phi) is 21.4. The number of ether oxygens (including phenoxy) is 7. The molecule has 6 heterocycles. The number of fused-ring (bicyclic) bond motifs is 6. The first kappa shape index (κ1) is 62.5. The average Bonchev–Trinajstić information content (AvgIpc) is 4.32. The number of hydrogen-bond acceptors (Lipinski definition) is 13. The molecule has 0 unspecified atom stereocenters. The van der Waals surface area contributed by atoms with E-state index in [0.29, 0.717) is 11.1 Å². The first-order valence-electron chi connectivity index (χ1n) is 25.9. The van der Waals surface area contributed by atoms with Crippen LogP contribution in [0, 0.1) is 82.0 Å². The summed E-state index contributed by atoms with van der Waals surface area (Å²) in [7, 11) is 11.6. The molecule has 0 bridgehead atoms. The van der Waals surface area contributed by atoms with Crippen LogP contribution >= 0.6 is 79.6 Å². The van der Waals surface area contributed by atoms with Crippen molar-refractivity contribution in [2.75, 3.05) is 49.8 Å². The summed E-state index contributed by atoms with van der Waals surface area (Å²) in [6.45, 7) is 23.2. The summed E-state index contributed by atoms with van der Waals surface area (Å²) >= 11 is 16.4. The number of rotatable bonds is 7. The van der Waals surface area contributed by atoms with Gasteiger partial charge in [0, 0.05) is 57.2 Å². The minimum Gasteiger partial charge on any atom is -0.495 e. The topological polar surface area (TPSA) is 64.6 Å². The fraction of sp³-hybridized carbons (Fsp3) is 0.273. The molecule has 0 fully saturated rings. The molecule has 0 spiro atoms. The summed E-state index contributed by atoms with van der Waals surface area (Å²) in [5.74, 6) is 5.39. The summed E-state index contributed by atoms with van der Waals surface area (Å²) in [4.78, 5) is 7.74. The normalized spacial score (nSPS) is 10.7. The summed E-state index contributed by atoms with van der Waals surface area (Å²) in [5.41, 5.74) is 6.44. The van der Waals surface area contributed by atoms with Crippen molar-refractivity contribution in [3.8, 4) is 40.2 Å². The van der Waals surface area contributed by atoms with Crippen molar-refractivity contribution in [1.29, 1.82) is 0 Å². The lowest BCUT2D eigenvalue weighted by atomic mass is 10.1. The second-order valence-electron chi connectivity index (χ2n) is 19.3. The van der Waals surface area contributed by atoms with Crippen molar-refractivity contribution in [3.05, 3.63) is 165 Å². The molecule has 15 heteroatoms. The third kappa shape index (κ3) is 14.6. The van der Waals surface area contributed by atoms with Crippen molar-refractivity contribution in [2.45, 2.75) is 76.2 Å². The molecule has 0 radical (unpaired) electrons. The van der Waals surface area contributed by atoms with Crippen LogP contribution in [-0.2, 0) is 0 Å². The van der Waals surface area contributed by atoms with E-state index < -0.39 is 0 Å². The van der Waals surface area contributed by atoms with Crippen molar-refractivity contribution < 1.29 is 37.5 Å². The van der Waals surface area contributed by atoms with Gasteiger partial charge in [-0.1, -0.05) is 41.9 Å². The number of benzene rings is 6. The quantitative estimate of drug-likeness (QED) is 0.158. The van der Waals surface area contributed by atoms with Crippen LogP contribution in [0.15, 0.2) is 97.1 Å². The van der Waals surface area contributed by atoms with Crippen LogP contribution in [0.3, 0.4) is 0 Å². The van der Waals surface area contributed by atoms with Crippen LogP contribution in [0.2, 0.25) is 5.02 Å². The molecule has 0 aliphatic rings. The molecular formula is C66H70ClFO7S6. The molecule has 81 heavy (non-hydrogen) atoms. The van der Waals surface area contributed by atoms with Crippen LogP contribution in [0.4, 0.5) is 4.39 Å². The lowest BCUT2D eigenvalue weighted by Gasteiger charge is -2.06. The van der Waals surface area contributed by atoms with Gasteiger partial charge in [0.15, 0.2) is 11.6 Å². The molecule has 6 aromatic carbocycles. The standard InChI is InChI=1S/C12H14OS.C11H11ClOS.C11H11FO2S.2C11H12OS.C10H10OS/c1-7-5-10-8(2)9(3)14-12(10)11(6-7)13-4;1-6-7(2)14-11-9(6)4-8(12)5-10(11)13-3;1-6-4-7-10(12)8(13-2)5-9(14-3)11(7)15-6;2*1-7-4-9-6-8(2)13-11(9)10(5-7)12-3;1-7-6-8-4-3-5-9(11-2)10(8)12-7/h5-6H,1-4H3;4-5H,1-3H3;4-5H,1-3H3;2*4-6H,1-3H3;3-6H,1-2H3. The van der Waals surface area contributed by atoms with E-state index in [0.717, 1.165) is 43.3 Å². The molecule has 12 rings (SSSR count). The van der Waals surface area contributed by atoms with Crippen molar-refractivity contribution in [1.82, 2.24) is 0 Å². The van der Waals surface area contributed by atoms with Crippen molar-refractivity contribution in [3.63, 3.8) is 0 Å². The maximum atomic E-state index is 13.8. The highest BCUT2D eigenvalue weighted by Gasteiger charge is 2.16. The third-order valence-electron chi connectivity index (χ3n) is 13.3. The molecule has 0 atom stereocenters. The minimum atomic E-state index is -0.322. The molecule has 426 valence electrons. The maximum absolute atomic E-state index is 13.8. The van der Waals surface area contributed by atoms with E-state index in [1.807, 2.05) is 42.5 Å². The molecular weight excluding hydrogens is 1150 g/mol. The van der Waals surface area contributed by atoms with Crippen LogP contribution in [-0.4, -0.2) is 49.8 Å². The van der Waals surface area contributed by atoms with Crippen molar-refractivity contribution in [2.24, 2.45) is 0 Å². The highest BCUT2D eigenvalue weighted by Crippen LogP contribution is 2.42. The van der Waals surface area contributed by atoms with Gasteiger partial charge in [-0.05, 0) is 180 Å². The highest BCUT2D eigenvalue weighted by atomic mass is 35.5. The monoisotopic (exact) mass is 1220 g/mol. The fourth-order valence-corrected chi connectivity index (χ4v) is 15.6. The van der Waals surface area contributed by atoms with E-state index in [9.17, 15) is 4.39 Å². The number of hydrogen-bond donors (Lipinski definition) is 0. The predicted molar refractivity (Wildman–Crippen MR) is 354 cm³/mol. The van der Waals surface area contributed by atoms with Gasteiger partial charge < -0.3 is 33.2 Å². The Morgan fingerprint density at radius 1 is 0.321 bits per heavy atom. The number of thiophene rings is 6. The predicted octanol–water partition coefficient (Wildman–Crippen LogP) is 21.7. The fourth-order valence-electron chi connectivity index (χ4n) is 9.17. The third-order valence-corrected chi connectivity index (χ3v) is 20.3. The number of methoxy groups -OCH3 is 7. The van der Waals surface area contributed by atoms with Crippen molar-refractivity contribution >= 4 is 140 Å². The summed E-state index contributed by atoms with van der Waals surface area (Å²) < 4.78 is 57.6. The summed E-state index contributed by atoms with van der Waals surface area (Å²) in [6.07, 6.45) is 0. The molecule has 0 amide bonds. The zero-order valence-electron chi connectivity index (χ0n) is 49.3. The van der Waals surface area contributed by atoms with Crippen LogP contribution < -0.4 is 33.2 Å². The average molecular weight is 1220 g/mol. The molecule has 0 N–H and O–H groups in total. The molecule has 0 aliphatic heterocycles. The van der Waals surface area contributed by atoms with E-state index in [-0.39, 0.29) is 11.6 Å². The Morgan fingerprint density at radius 2 is 0.679 bits per heavy atom. The Hall–Kier alpha value is -6.10. The van der Waals surface area contributed by atoms with Gasteiger partial charge in [-0.2, -0.15) is 0 Å². The maximum Gasteiger partial charge on any atom is 0.173 e. The van der Waals surface area contributed by atoms with Crippen LogP contribution in [0.25, 0.3) is 60.5 Å². The van der Waals surface area contributed by atoms with Gasteiger partial charge in [0.1, 0.15) is 34.5 Å². The van der Waals surface area contributed by atoms with Gasteiger partial charge in [0.05, 0.1) is 78.0 Å². The summed E-state index contributed by atoms with van der Waals surface area (Å²) in [6, 6.07) is 32.8. The number of halogens is 2. The van der Waals surface area contributed by atoms with E-state index in [4.69, 9.17) is 44.8 Å². The minimum absolute atomic E-state index is 0.220. The molecule has 12 aromatic rings. The lowest BCUT2D eigenvalue weighted by Crippen LogP contribution is -1.91. The van der Waals surface area contributed by atoms with Crippen LogP contribution in [0.1, 0.15) is 57.1 Å². The molecule has 0 saturated heterocycles. The van der Waals surface area contributed by atoms with Gasteiger partial charge in [-0.25, -0.2) is 4.39 Å². The van der Waals surface area contributed by atoms with Crippen LogP contribution in [0.5, 0.6) is 40.2 Å². The highest BCUT2D eigenvalue weighted by molar-refractivity contribution is 7.21. The van der Waals surface area contributed by atoms with Gasteiger partial charge in [0.2, 0.25) is 0 Å². The lowest BCUT2D eigenvalue weighted by molar-refractivity contribution is 0.378. The molecule has 6 aromatic heterocycles. The first-order valence-corrected chi connectivity index (χ1v) is 31.1. The molecule has 0 saturated carbocycles. The Balaban J connectivity index is 0.000000140. The first-order chi connectivity index (χ1) is 38.6. The Labute approximate surface area is 505 Å². The smallest absolute Gasteiger partial charge is 0.173 e.